The second-order valence-corrected chi connectivity index (χ2v) is 7.51. The fraction of sp³-hybridized carbons (Fsp3) is 0.643. The molecule has 2 aromatic rings. The molecule has 1 aliphatic heterocycles. The van der Waals surface area contributed by atoms with Gasteiger partial charge in [-0.15, -0.1) is 10.2 Å². The lowest BCUT2D eigenvalue weighted by Gasteiger charge is -2.32. The number of rotatable bonds is 4. The first-order valence-corrected chi connectivity index (χ1v) is 9.23. The number of morpholine rings is 1. The normalized spacial score (nSPS) is 19.8. The Labute approximate surface area is 140 Å². The van der Waals surface area contributed by atoms with E-state index in [1.165, 1.54) is 4.31 Å². The molecule has 3 rings (SSSR count). The summed E-state index contributed by atoms with van der Waals surface area (Å²) >= 11 is 0. The van der Waals surface area contributed by atoms with Crippen molar-refractivity contribution in [3.05, 3.63) is 23.2 Å². The molecule has 0 unspecified atom stereocenters. The molecule has 10 heteroatoms. The third-order valence-corrected chi connectivity index (χ3v) is 6.25. The third-order valence-electron chi connectivity index (χ3n) is 4.09. The third kappa shape index (κ3) is 2.74. The Bertz CT molecular complexity index is 841. The van der Waals surface area contributed by atoms with Gasteiger partial charge in [-0.05, 0) is 20.8 Å². The fourth-order valence-electron chi connectivity index (χ4n) is 3.00. The Balaban J connectivity index is 2.05. The van der Waals surface area contributed by atoms with Crippen LogP contribution in [0.15, 0.2) is 9.31 Å². The van der Waals surface area contributed by atoms with E-state index in [0.717, 1.165) is 0 Å². The van der Waals surface area contributed by atoms with Crippen molar-refractivity contribution in [2.45, 2.75) is 45.2 Å². The first-order chi connectivity index (χ1) is 11.4. The van der Waals surface area contributed by atoms with Crippen LogP contribution in [0, 0.1) is 20.8 Å². The zero-order chi connectivity index (χ0) is 17.5. The van der Waals surface area contributed by atoms with Gasteiger partial charge in [0.05, 0.1) is 24.6 Å². The molecule has 0 aromatic carbocycles. The van der Waals surface area contributed by atoms with Crippen LogP contribution in [0.5, 0.6) is 0 Å². The van der Waals surface area contributed by atoms with Crippen molar-refractivity contribution in [3.8, 4) is 0 Å². The topological polar surface area (TPSA) is 103 Å². The maximum atomic E-state index is 13.3. The van der Waals surface area contributed by atoms with Crippen molar-refractivity contribution in [1.29, 1.82) is 0 Å². The number of aromatic nitrogens is 4. The Morgan fingerprint density at radius 2 is 2.00 bits per heavy atom. The number of hydrogen-bond donors (Lipinski definition) is 0. The minimum atomic E-state index is -3.76. The van der Waals surface area contributed by atoms with Crippen molar-refractivity contribution in [2.24, 2.45) is 0 Å². The van der Waals surface area contributed by atoms with Crippen molar-refractivity contribution in [3.63, 3.8) is 0 Å². The molecule has 1 aliphatic rings. The smallest absolute Gasteiger partial charge is 0.247 e. The molecular formula is C14H21N5O4S. The predicted octanol–water partition coefficient (Wildman–Crippen LogP) is 0.973. The lowest BCUT2D eigenvalue weighted by atomic mass is 10.3. The molecule has 3 heterocycles. The van der Waals surface area contributed by atoms with Crippen LogP contribution >= 0.6 is 0 Å². The van der Waals surface area contributed by atoms with Crippen LogP contribution in [-0.4, -0.2) is 52.5 Å². The van der Waals surface area contributed by atoms with E-state index < -0.39 is 16.1 Å². The minimum Gasteiger partial charge on any atom is -0.424 e. The first kappa shape index (κ1) is 17.1. The van der Waals surface area contributed by atoms with Crippen LogP contribution in [0.3, 0.4) is 0 Å². The summed E-state index contributed by atoms with van der Waals surface area (Å²) in [7, 11) is -3.76. The van der Waals surface area contributed by atoms with Crippen molar-refractivity contribution < 1.29 is 17.6 Å². The van der Waals surface area contributed by atoms with E-state index in [1.807, 2.05) is 6.92 Å². The second-order valence-electron chi connectivity index (χ2n) is 5.68. The highest BCUT2D eigenvalue weighted by Crippen LogP contribution is 2.32. The van der Waals surface area contributed by atoms with E-state index >= 15 is 0 Å². The van der Waals surface area contributed by atoms with Gasteiger partial charge in [-0.2, -0.15) is 9.40 Å². The Hall–Kier alpha value is -1.78. The number of sulfonamides is 1. The van der Waals surface area contributed by atoms with Gasteiger partial charge in [0.15, 0.2) is 0 Å². The van der Waals surface area contributed by atoms with Crippen LogP contribution in [0.2, 0.25) is 0 Å². The van der Waals surface area contributed by atoms with E-state index in [4.69, 9.17) is 9.15 Å². The number of ether oxygens (including phenoxy) is 1. The van der Waals surface area contributed by atoms with E-state index in [1.54, 1.807) is 25.5 Å². The van der Waals surface area contributed by atoms with E-state index in [-0.39, 0.29) is 23.9 Å². The summed E-state index contributed by atoms with van der Waals surface area (Å²) in [6.07, 6.45) is 0. The molecule has 0 radical (unpaired) electrons. The highest BCUT2D eigenvalue weighted by Gasteiger charge is 2.40. The molecule has 0 saturated carbocycles. The summed E-state index contributed by atoms with van der Waals surface area (Å²) in [5.41, 5.74) is 1.11. The molecule has 132 valence electrons. The molecule has 9 nitrogen and oxygen atoms in total. The molecule has 1 fully saturated rings. The predicted molar refractivity (Wildman–Crippen MR) is 83.9 cm³/mol. The van der Waals surface area contributed by atoms with Crippen molar-refractivity contribution in [1.82, 2.24) is 24.3 Å². The maximum absolute atomic E-state index is 13.3. The van der Waals surface area contributed by atoms with Crippen LogP contribution in [0.1, 0.15) is 36.1 Å². The van der Waals surface area contributed by atoms with Gasteiger partial charge in [-0.1, -0.05) is 0 Å². The van der Waals surface area contributed by atoms with E-state index in [0.29, 0.717) is 30.4 Å². The summed E-state index contributed by atoms with van der Waals surface area (Å²) in [5, 5.41) is 12.1. The molecule has 0 N–H and O–H groups in total. The largest absolute Gasteiger partial charge is 0.424 e. The van der Waals surface area contributed by atoms with Gasteiger partial charge in [0, 0.05) is 20.0 Å². The molecule has 0 spiro atoms. The maximum Gasteiger partial charge on any atom is 0.247 e. The van der Waals surface area contributed by atoms with Gasteiger partial charge in [0.1, 0.15) is 10.9 Å². The molecule has 1 saturated heterocycles. The van der Waals surface area contributed by atoms with Gasteiger partial charge in [0.2, 0.25) is 21.8 Å². The molecule has 24 heavy (non-hydrogen) atoms. The standard InChI is InChI=1S/C14H21N5O4S/c1-5-18-10(3)13(9(2)17-18)24(20,21)19-6-7-22-8-12(19)14-16-15-11(4)23-14/h12H,5-8H2,1-4H3/t12-/m0/s1. The van der Waals surface area contributed by atoms with Gasteiger partial charge < -0.3 is 9.15 Å². The van der Waals surface area contributed by atoms with E-state index in [2.05, 4.69) is 15.3 Å². The van der Waals surface area contributed by atoms with Crippen LogP contribution in [-0.2, 0) is 21.3 Å². The summed E-state index contributed by atoms with van der Waals surface area (Å²) in [6.45, 7) is 8.40. The quantitative estimate of drug-likeness (QED) is 0.805. The zero-order valence-electron chi connectivity index (χ0n) is 14.2. The van der Waals surface area contributed by atoms with Crippen molar-refractivity contribution >= 4 is 10.0 Å². The number of nitrogens with zero attached hydrogens (tertiary/aromatic N) is 5. The van der Waals surface area contributed by atoms with E-state index in [9.17, 15) is 8.42 Å². The lowest BCUT2D eigenvalue weighted by molar-refractivity contribution is 0.0221. The van der Waals surface area contributed by atoms with Gasteiger partial charge in [-0.3, -0.25) is 4.68 Å². The van der Waals surface area contributed by atoms with Gasteiger partial charge in [-0.25, -0.2) is 8.42 Å². The van der Waals surface area contributed by atoms with Gasteiger partial charge in [0.25, 0.3) is 0 Å². The summed E-state index contributed by atoms with van der Waals surface area (Å²) in [5.74, 6) is 0.632. The first-order valence-electron chi connectivity index (χ1n) is 7.79. The summed E-state index contributed by atoms with van der Waals surface area (Å²) in [6, 6.07) is -0.631. The van der Waals surface area contributed by atoms with Crippen LogP contribution in [0.4, 0.5) is 0 Å². The number of aryl methyl sites for hydroxylation is 3. The highest BCUT2D eigenvalue weighted by atomic mass is 32.2. The van der Waals surface area contributed by atoms with Crippen LogP contribution < -0.4 is 0 Å². The zero-order valence-corrected chi connectivity index (χ0v) is 15.0. The molecule has 0 bridgehead atoms. The Morgan fingerprint density at radius 3 is 2.58 bits per heavy atom. The lowest BCUT2D eigenvalue weighted by Crippen LogP contribution is -2.43. The molecular weight excluding hydrogens is 334 g/mol. The minimum absolute atomic E-state index is 0.181. The Morgan fingerprint density at radius 1 is 1.25 bits per heavy atom. The monoisotopic (exact) mass is 355 g/mol. The average molecular weight is 355 g/mol. The van der Waals surface area contributed by atoms with Crippen LogP contribution in [0.25, 0.3) is 0 Å². The van der Waals surface area contributed by atoms with Crippen molar-refractivity contribution in [2.75, 3.05) is 19.8 Å². The summed E-state index contributed by atoms with van der Waals surface area (Å²) < 4.78 is 40.5. The average Bonchev–Trinajstić information content (AvgIpc) is 3.10. The van der Waals surface area contributed by atoms with Gasteiger partial charge >= 0.3 is 0 Å². The molecule has 0 amide bonds. The molecule has 1 atom stereocenters. The fourth-order valence-corrected chi connectivity index (χ4v) is 4.92. The second kappa shape index (κ2) is 6.26. The molecule has 0 aliphatic carbocycles. The highest BCUT2D eigenvalue weighted by molar-refractivity contribution is 7.89. The number of hydrogen-bond acceptors (Lipinski definition) is 7. The summed E-state index contributed by atoms with van der Waals surface area (Å²) in [4.78, 5) is 0.243. The SMILES string of the molecule is CCn1nc(C)c(S(=O)(=O)N2CCOC[C@H]2c2nnc(C)o2)c1C. The Kier molecular flexibility index (Phi) is 4.45. The molecule has 2 aromatic heterocycles.